The topological polar surface area (TPSA) is 222 Å². The first-order valence-electron chi connectivity index (χ1n) is 18.8. The summed E-state index contributed by atoms with van der Waals surface area (Å²) in [5.41, 5.74) is 11.8. The van der Waals surface area contributed by atoms with E-state index in [1.54, 1.807) is 46.1 Å². The summed E-state index contributed by atoms with van der Waals surface area (Å²) in [4.78, 5) is 58.6. The van der Waals surface area contributed by atoms with E-state index in [0.717, 1.165) is 17.7 Å². The smallest absolute Gasteiger partial charge is 0.408 e. The molecule has 1 aliphatic carbocycles. The van der Waals surface area contributed by atoms with E-state index >= 15 is 0 Å². The molecule has 58 heavy (non-hydrogen) atoms. The fourth-order valence-corrected chi connectivity index (χ4v) is 8.25. The zero-order chi connectivity index (χ0) is 42.0. The summed E-state index contributed by atoms with van der Waals surface area (Å²) in [6, 6.07) is 19.2. The molecule has 15 nitrogen and oxygen atoms in total. The van der Waals surface area contributed by atoms with Crippen LogP contribution in [0, 0.1) is 5.92 Å². The molecule has 3 amide bonds. The van der Waals surface area contributed by atoms with Gasteiger partial charge in [0.25, 0.3) is 21.8 Å². The number of Topliss-reactive ketones (excluding diaryl/α,β-unsaturated/α-hetero) is 1. The van der Waals surface area contributed by atoms with Gasteiger partial charge in [-0.3, -0.25) is 14.4 Å². The Bertz CT molecular complexity index is 2330. The second-order valence-electron chi connectivity index (χ2n) is 15.4. The molecule has 2 fully saturated rings. The van der Waals surface area contributed by atoms with Gasteiger partial charge < -0.3 is 36.3 Å². The van der Waals surface area contributed by atoms with Crippen LogP contribution in [0.1, 0.15) is 50.4 Å². The molecule has 1 aromatic heterocycles. The molecule has 3 aromatic carbocycles. The predicted octanol–water partition coefficient (Wildman–Crippen LogP) is 4.09. The number of alkyl carbamates (subject to hydrolysis) is 1. The number of ketones is 1. The molecular weight excluding hydrogens is 765 g/mol. The lowest BCUT2D eigenvalue weighted by Crippen LogP contribution is -2.56. The van der Waals surface area contributed by atoms with Gasteiger partial charge in [-0.2, -0.15) is 4.31 Å². The third-order valence-corrected chi connectivity index (χ3v) is 11.7. The number of sulfonamides is 1. The van der Waals surface area contributed by atoms with Crippen molar-refractivity contribution in [1.29, 1.82) is 0 Å². The Hall–Kier alpha value is -5.68. The summed E-state index contributed by atoms with van der Waals surface area (Å²) in [6.45, 7) is 8.95. The molecule has 0 bridgehead atoms. The number of hydrogen-bond acceptors (Lipinski definition) is 13. The van der Waals surface area contributed by atoms with Gasteiger partial charge in [-0.05, 0) is 76.6 Å². The van der Waals surface area contributed by atoms with Gasteiger partial charge >= 0.3 is 6.09 Å². The first-order valence-corrected chi connectivity index (χ1v) is 20.3. The van der Waals surface area contributed by atoms with E-state index in [1.807, 2.05) is 36.4 Å². The van der Waals surface area contributed by atoms with Crippen LogP contribution >= 0.6 is 0 Å². The van der Waals surface area contributed by atoms with Gasteiger partial charge in [0.2, 0.25) is 0 Å². The Morgan fingerprint density at radius 3 is 2.40 bits per heavy atom. The normalized spacial score (nSPS) is 20.8. The molecule has 5 atom stereocenters. The Morgan fingerprint density at radius 2 is 1.78 bits per heavy atom. The van der Waals surface area contributed by atoms with Crippen molar-refractivity contribution in [2.24, 2.45) is 17.4 Å². The number of aromatic nitrogens is 1. The number of amides is 3. The molecule has 1 unspecified atom stereocenters. The van der Waals surface area contributed by atoms with E-state index in [-0.39, 0.29) is 42.2 Å². The van der Waals surface area contributed by atoms with Crippen LogP contribution in [0.15, 0.2) is 96.4 Å². The van der Waals surface area contributed by atoms with Crippen LogP contribution in [0.25, 0.3) is 22.2 Å². The van der Waals surface area contributed by atoms with Crippen LogP contribution in [0.5, 0.6) is 11.5 Å². The zero-order valence-electron chi connectivity index (χ0n) is 32.8. The van der Waals surface area contributed by atoms with Crippen LogP contribution in [-0.4, -0.2) is 90.9 Å². The van der Waals surface area contributed by atoms with Crippen LogP contribution in [0.3, 0.4) is 0 Å². The SMILES string of the molecule is C=C[C@@H]1C[C@]1(N)C(=O)N(C(=O)[C@@H]1C[C@@H](Oc2cc(-c3ccccc3)nc3cc(OC)ccc23)CN1)S(=O)(=O)c1ccc(C(=O)C(CCN)NC(=O)OC(C)(C)C)cc1. The highest BCUT2D eigenvalue weighted by Crippen LogP contribution is 2.44. The van der Waals surface area contributed by atoms with E-state index in [4.69, 9.17) is 30.7 Å². The number of imide groups is 1. The molecule has 0 spiro atoms. The maximum atomic E-state index is 14.3. The Balaban J connectivity index is 1.25. The Kier molecular flexibility index (Phi) is 12.0. The maximum Gasteiger partial charge on any atom is 0.408 e. The summed E-state index contributed by atoms with van der Waals surface area (Å²) in [6.07, 6.45) is 0.216. The van der Waals surface area contributed by atoms with Gasteiger partial charge in [0.05, 0.1) is 35.3 Å². The Labute approximate surface area is 337 Å². The molecule has 2 aliphatic rings. The zero-order valence-corrected chi connectivity index (χ0v) is 33.6. The second-order valence-corrected chi connectivity index (χ2v) is 17.1. The average Bonchev–Trinajstić information content (AvgIpc) is 3.66. The fourth-order valence-electron chi connectivity index (χ4n) is 6.80. The average molecular weight is 813 g/mol. The summed E-state index contributed by atoms with van der Waals surface area (Å²) >= 11 is 0. The minimum Gasteiger partial charge on any atom is -0.497 e. The molecule has 6 rings (SSSR count). The molecule has 2 heterocycles. The van der Waals surface area contributed by atoms with Crippen molar-refractivity contribution in [1.82, 2.24) is 19.9 Å². The van der Waals surface area contributed by atoms with Gasteiger partial charge in [0, 0.05) is 47.5 Å². The first-order chi connectivity index (χ1) is 27.5. The Morgan fingerprint density at radius 1 is 1.07 bits per heavy atom. The quantitative estimate of drug-likeness (QED) is 0.0802. The number of methoxy groups -OCH3 is 1. The summed E-state index contributed by atoms with van der Waals surface area (Å²) in [5, 5.41) is 6.26. The minimum atomic E-state index is -4.87. The number of nitrogens with two attached hydrogens (primary N) is 2. The maximum absolute atomic E-state index is 14.3. The summed E-state index contributed by atoms with van der Waals surface area (Å²) < 4.78 is 46.1. The van der Waals surface area contributed by atoms with Crippen LogP contribution in [-0.2, 0) is 24.3 Å². The number of nitrogens with zero attached hydrogens (tertiary/aromatic N) is 2. The van der Waals surface area contributed by atoms with Crippen molar-refractivity contribution < 1.29 is 41.8 Å². The van der Waals surface area contributed by atoms with Gasteiger partial charge in [0.1, 0.15) is 28.7 Å². The van der Waals surface area contributed by atoms with Crippen molar-refractivity contribution in [2.45, 2.75) is 74.3 Å². The molecule has 1 saturated heterocycles. The number of benzene rings is 3. The molecule has 1 aliphatic heterocycles. The highest BCUT2D eigenvalue weighted by Gasteiger charge is 2.60. The van der Waals surface area contributed by atoms with Crippen molar-refractivity contribution >= 4 is 44.6 Å². The minimum absolute atomic E-state index is 0.0157. The molecule has 0 radical (unpaired) electrons. The number of pyridine rings is 1. The van der Waals surface area contributed by atoms with Crippen LogP contribution in [0.4, 0.5) is 4.79 Å². The third-order valence-electron chi connectivity index (χ3n) is 10.00. The van der Waals surface area contributed by atoms with E-state index in [1.165, 1.54) is 18.2 Å². The van der Waals surface area contributed by atoms with Crippen LogP contribution < -0.4 is 31.6 Å². The monoisotopic (exact) mass is 812 g/mol. The molecule has 6 N–H and O–H groups in total. The highest BCUT2D eigenvalue weighted by molar-refractivity contribution is 7.90. The second kappa shape index (κ2) is 16.7. The molecule has 306 valence electrons. The number of carbonyl (C=O) groups is 4. The lowest BCUT2D eigenvalue weighted by molar-refractivity contribution is -0.141. The van der Waals surface area contributed by atoms with Crippen molar-refractivity contribution in [3.63, 3.8) is 0 Å². The predicted molar refractivity (Wildman–Crippen MR) is 216 cm³/mol. The number of hydrogen-bond donors (Lipinski definition) is 4. The van der Waals surface area contributed by atoms with E-state index in [9.17, 15) is 27.6 Å². The summed E-state index contributed by atoms with van der Waals surface area (Å²) in [7, 11) is -3.31. The third kappa shape index (κ3) is 8.89. The lowest BCUT2D eigenvalue weighted by Gasteiger charge is -2.26. The number of carbonyl (C=O) groups excluding carboxylic acids is 4. The molecular formula is C42H48N6O9S. The molecule has 16 heteroatoms. The van der Waals surface area contributed by atoms with Crippen molar-refractivity contribution in [3.05, 3.63) is 97.1 Å². The van der Waals surface area contributed by atoms with Gasteiger partial charge in [-0.15, -0.1) is 6.58 Å². The number of rotatable bonds is 14. The standard InChI is InChI=1S/C42H48N6O9S/c1-6-27-23-42(27,44)39(51)48(58(53,54)30-15-12-26(13-16-30)37(49)32(18-19-43)47-40(52)57-41(2,3)4)38(50)35-21-29(24-45-35)56-36-22-33(25-10-8-7-9-11-25)46-34-20-28(55-5)14-17-31(34)36/h6-17,20,22,27,29,32,35,45H,1,18-19,21,23-24,43-44H2,2-5H3,(H,47,52)/t27-,29-,32?,35+,42-/m1/s1. The van der Waals surface area contributed by atoms with E-state index in [2.05, 4.69) is 17.2 Å². The lowest BCUT2D eigenvalue weighted by atomic mass is 10.0. The van der Waals surface area contributed by atoms with Crippen molar-refractivity contribution in [2.75, 3.05) is 20.2 Å². The van der Waals surface area contributed by atoms with E-state index < -0.39 is 73.9 Å². The molecule has 1 saturated carbocycles. The first kappa shape index (κ1) is 41.9. The molecule has 4 aromatic rings. The van der Waals surface area contributed by atoms with Gasteiger partial charge in [-0.25, -0.2) is 18.2 Å². The summed E-state index contributed by atoms with van der Waals surface area (Å²) in [5.74, 6) is -2.13. The van der Waals surface area contributed by atoms with Crippen LogP contribution in [0.2, 0.25) is 0 Å². The largest absolute Gasteiger partial charge is 0.497 e. The highest BCUT2D eigenvalue weighted by atomic mass is 32.2. The fraction of sp³-hybridized carbons (Fsp3) is 0.357. The number of nitrogens with one attached hydrogen (secondary N) is 2. The van der Waals surface area contributed by atoms with Crippen molar-refractivity contribution in [3.8, 4) is 22.8 Å². The van der Waals surface area contributed by atoms with Gasteiger partial charge in [-0.1, -0.05) is 36.4 Å². The number of fused-ring (bicyclic) bond motifs is 1. The van der Waals surface area contributed by atoms with Gasteiger partial charge in [0.15, 0.2) is 5.78 Å². The number of ether oxygens (including phenoxy) is 3. The van der Waals surface area contributed by atoms with E-state index in [0.29, 0.717) is 28.1 Å².